The maximum Gasteiger partial charge on any atom is 0.292 e. The van der Waals surface area contributed by atoms with Crippen molar-refractivity contribution in [1.29, 1.82) is 0 Å². The fourth-order valence-corrected chi connectivity index (χ4v) is 3.73. The minimum atomic E-state index is -0.362. The summed E-state index contributed by atoms with van der Waals surface area (Å²) in [4.78, 5) is 12.2. The van der Waals surface area contributed by atoms with Gasteiger partial charge in [-0.25, -0.2) is 0 Å². The summed E-state index contributed by atoms with van der Waals surface area (Å²) in [6.07, 6.45) is 3.19. The predicted molar refractivity (Wildman–Crippen MR) is 83.3 cm³/mol. The number of thiophene rings is 1. The summed E-state index contributed by atoms with van der Waals surface area (Å²) in [5.41, 5.74) is 1.87. The van der Waals surface area contributed by atoms with Gasteiger partial charge in [-0.1, -0.05) is 0 Å². The van der Waals surface area contributed by atoms with Gasteiger partial charge in [-0.3, -0.25) is 10.1 Å². The van der Waals surface area contributed by atoms with Gasteiger partial charge in [0, 0.05) is 17.0 Å². The minimum Gasteiger partial charge on any atom is -0.497 e. The molecule has 0 saturated heterocycles. The Morgan fingerprint density at radius 1 is 1.43 bits per heavy atom. The van der Waals surface area contributed by atoms with Crippen LogP contribution in [-0.4, -0.2) is 12.0 Å². The molecule has 3 rings (SSSR count). The van der Waals surface area contributed by atoms with Crippen molar-refractivity contribution in [2.75, 3.05) is 12.4 Å². The van der Waals surface area contributed by atoms with Crippen LogP contribution >= 0.6 is 11.3 Å². The van der Waals surface area contributed by atoms with Crippen LogP contribution in [0.3, 0.4) is 0 Å². The largest absolute Gasteiger partial charge is 0.497 e. The molecule has 0 radical (unpaired) electrons. The van der Waals surface area contributed by atoms with Crippen LogP contribution in [0.5, 0.6) is 5.75 Å². The summed E-state index contributed by atoms with van der Waals surface area (Å²) in [5, 5.41) is 16.6. The van der Waals surface area contributed by atoms with E-state index in [1.165, 1.54) is 16.5 Å². The molecule has 6 heteroatoms. The number of anilines is 1. The van der Waals surface area contributed by atoms with Gasteiger partial charge in [-0.15, -0.1) is 11.3 Å². The third-order valence-electron chi connectivity index (χ3n) is 3.78. The van der Waals surface area contributed by atoms with Crippen LogP contribution in [-0.2, 0) is 6.42 Å². The lowest BCUT2D eigenvalue weighted by Gasteiger charge is -2.24. The highest BCUT2D eigenvalue weighted by molar-refractivity contribution is 7.10. The van der Waals surface area contributed by atoms with Crippen LogP contribution in [0.4, 0.5) is 11.4 Å². The number of fused-ring (bicyclic) bond motifs is 1. The molecule has 21 heavy (non-hydrogen) atoms. The van der Waals surface area contributed by atoms with Gasteiger partial charge >= 0.3 is 0 Å². The van der Waals surface area contributed by atoms with E-state index in [1.54, 1.807) is 30.6 Å². The molecule has 1 heterocycles. The standard InChI is InChI=1S/C15H16N2O3S/c1-20-10-5-6-14(17(18)19)13(9-10)16-12-3-2-4-15-11(12)7-8-21-15/h5-9,12,16H,2-4H2,1H3. The molecule has 1 aromatic carbocycles. The first-order valence-corrected chi connectivity index (χ1v) is 7.72. The highest BCUT2D eigenvalue weighted by atomic mass is 32.1. The second-order valence-electron chi connectivity index (χ2n) is 5.03. The molecule has 1 atom stereocenters. The molecular weight excluding hydrogens is 288 g/mol. The zero-order valence-electron chi connectivity index (χ0n) is 11.7. The first-order valence-electron chi connectivity index (χ1n) is 6.84. The van der Waals surface area contributed by atoms with Crippen molar-refractivity contribution < 1.29 is 9.66 Å². The number of hydrogen-bond acceptors (Lipinski definition) is 5. The molecule has 0 fully saturated rings. The van der Waals surface area contributed by atoms with E-state index in [1.807, 2.05) is 0 Å². The molecule has 1 aliphatic carbocycles. The van der Waals surface area contributed by atoms with Crippen molar-refractivity contribution >= 4 is 22.7 Å². The number of nitrogens with zero attached hydrogens (tertiary/aromatic N) is 1. The van der Waals surface area contributed by atoms with Crippen LogP contribution in [0, 0.1) is 10.1 Å². The molecule has 1 aromatic heterocycles. The van der Waals surface area contributed by atoms with E-state index in [0.717, 1.165) is 19.3 Å². The lowest BCUT2D eigenvalue weighted by atomic mass is 9.94. The van der Waals surface area contributed by atoms with Crippen molar-refractivity contribution in [3.63, 3.8) is 0 Å². The molecule has 1 unspecified atom stereocenters. The number of benzene rings is 1. The van der Waals surface area contributed by atoms with Crippen LogP contribution in [0.2, 0.25) is 0 Å². The number of hydrogen-bond donors (Lipinski definition) is 1. The summed E-state index contributed by atoms with van der Waals surface area (Å²) in [6.45, 7) is 0. The maximum atomic E-state index is 11.2. The molecule has 2 aromatic rings. The van der Waals surface area contributed by atoms with E-state index < -0.39 is 0 Å². The van der Waals surface area contributed by atoms with Crippen molar-refractivity contribution in [3.8, 4) is 5.75 Å². The topological polar surface area (TPSA) is 64.4 Å². The zero-order chi connectivity index (χ0) is 14.8. The van der Waals surface area contributed by atoms with Crippen molar-refractivity contribution in [1.82, 2.24) is 0 Å². The van der Waals surface area contributed by atoms with E-state index in [-0.39, 0.29) is 16.7 Å². The smallest absolute Gasteiger partial charge is 0.292 e. The number of nitro benzene ring substituents is 1. The quantitative estimate of drug-likeness (QED) is 0.680. The average Bonchev–Trinajstić information content (AvgIpc) is 2.96. The molecule has 110 valence electrons. The van der Waals surface area contributed by atoms with Gasteiger partial charge in [0.25, 0.3) is 5.69 Å². The van der Waals surface area contributed by atoms with E-state index >= 15 is 0 Å². The van der Waals surface area contributed by atoms with Gasteiger partial charge in [0.1, 0.15) is 11.4 Å². The van der Waals surface area contributed by atoms with Crippen molar-refractivity contribution in [3.05, 3.63) is 50.2 Å². The highest BCUT2D eigenvalue weighted by Crippen LogP contribution is 2.38. The molecule has 1 N–H and O–H groups in total. The van der Waals surface area contributed by atoms with Gasteiger partial charge in [0.2, 0.25) is 0 Å². The Hall–Kier alpha value is -2.08. The first kappa shape index (κ1) is 13.9. The zero-order valence-corrected chi connectivity index (χ0v) is 12.5. The van der Waals surface area contributed by atoms with Crippen LogP contribution < -0.4 is 10.1 Å². The number of nitrogens with one attached hydrogen (secondary N) is 1. The molecule has 1 aliphatic rings. The third kappa shape index (κ3) is 2.71. The lowest BCUT2D eigenvalue weighted by Crippen LogP contribution is -2.16. The molecule has 0 saturated carbocycles. The molecule has 5 nitrogen and oxygen atoms in total. The monoisotopic (exact) mass is 304 g/mol. The molecule has 0 spiro atoms. The third-order valence-corrected chi connectivity index (χ3v) is 4.78. The lowest BCUT2D eigenvalue weighted by molar-refractivity contribution is -0.384. The molecule has 0 amide bonds. The Labute approximate surface area is 126 Å². The Balaban J connectivity index is 1.93. The second kappa shape index (κ2) is 5.73. The summed E-state index contributed by atoms with van der Waals surface area (Å²) < 4.78 is 5.17. The molecular formula is C15H16N2O3S. The number of rotatable bonds is 4. The van der Waals surface area contributed by atoms with Crippen molar-refractivity contribution in [2.24, 2.45) is 0 Å². The van der Waals surface area contributed by atoms with E-state index in [2.05, 4.69) is 16.8 Å². The fraction of sp³-hybridized carbons (Fsp3) is 0.333. The number of methoxy groups -OCH3 is 1. The van der Waals surface area contributed by atoms with E-state index in [9.17, 15) is 10.1 Å². The van der Waals surface area contributed by atoms with Crippen LogP contribution in [0.15, 0.2) is 29.6 Å². The van der Waals surface area contributed by atoms with Gasteiger partial charge in [0.15, 0.2) is 0 Å². The van der Waals surface area contributed by atoms with E-state index in [4.69, 9.17) is 4.74 Å². The molecule has 0 bridgehead atoms. The predicted octanol–water partition coefficient (Wildman–Crippen LogP) is 4.15. The van der Waals surface area contributed by atoms with E-state index in [0.29, 0.717) is 11.4 Å². The SMILES string of the molecule is COc1ccc([N+](=O)[O-])c(NC2CCCc3sccc32)c1. The summed E-state index contributed by atoms with van der Waals surface area (Å²) in [5.74, 6) is 0.615. The normalized spacial score (nSPS) is 17.1. The summed E-state index contributed by atoms with van der Waals surface area (Å²) in [7, 11) is 1.56. The van der Waals surface area contributed by atoms with Gasteiger partial charge in [-0.05, 0) is 42.3 Å². The second-order valence-corrected chi connectivity index (χ2v) is 6.03. The Kier molecular flexibility index (Phi) is 3.79. The number of nitro groups is 1. The molecule has 0 aliphatic heterocycles. The average molecular weight is 304 g/mol. The number of aryl methyl sites for hydroxylation is 1. The summed E-state index contributed by atoms with van der Waals surface area (Å²) in [6, 6.07) is 7.03. The van der Waals surface area contributed by atoms with Gasteiger partial charge < -0.3 is 10.1 Å². The Morgan fingerprint density at radius 3 is 3.05 bits per heavy atom. The summed E-state index contributed by atoms with van der Waals surface area (Å²) >= 11 is 1.76. The van der Waals surface area contributed by atoms with Crippen LogP contribution in [0.25, 0.3) is 0 Å². The Bertz CT molecular complexity index is 669. The number of ether oxygens (including phenoxy) is 1. The van der Waals surface area contributed by atoms with Crippen molar-refractivity contribution in [2.45, 2.75) is 25.3 Å². The first-order chi connectivity index (χ1) is 10.2. The fourth-order valence-electron chi connectivity index (χ4n) is 2.74. The highest BCUT2D eigenvalue weighted by Gasteiger charge is 2.24. The Morgan fingerprint density at radius 2 is 2.29 bits per heavy atom. The maximum absolute atomic E-state index is 11.2. The van der Waals surface area contributed by atoms with Gasteiger partial charge in [-0.2, -0.15) is 0 Å². The van der Waals surface area contributed by atoms with Crippen LogP contribution in [0.1, 0.15) is 29.3 Å². The minimum absolute atomic E-state index is 0.0816. The van der Waals surface area contributed by atoms with Gasteiger partial charge in [0.05, 0.1) is 18.1 Å².